The van der Waals surface area contributed by atoms with Gasteiger partial charge in [-0.3, -0.25) is 15.0 Å². The molecular weight excluding hydrogens is 252 g/mol. The van der Waals surface area contributed by atoms with Crippen molar-refractivity contribution < 1.29 is 9.90 Å². The number of carbonyl (C=O) groups excluding carboxylic acids is 1. The van der Waals surface area contributed by atoms with Crippen molar-refractivity contribution in [1.29, 1.82) is 0 Å². The third kappa shape index (κ3) is 3.35. The first kappa shape index (κ1) is 14.5. The summed E-state index contributed by atoms with van der Waals surface area (Å²) in [5, 5.41) is 12.6. The first-order valence-electron chi connectivity index (χ1n) is 6.75. The highest BCUT2D eigenvalue weighted by molar-refractivity contribution is 5.95. The monoisotopic (exact) mass is 272 g/mol. The second-order valence-electron chi connectivity index (χ2n) is 5.07. The van der Waals surface area contributed by atoms with Crippen molar-refractivity contribution in [3.8, 4) is 0 Å². The van der Waals surface area contributed by atoms with E-state index in [1.807, 2.05) is 44.2 Å². The van der Waals surface area contributed by atoms with Gasteiger partial charge in [-0.05, 0) is 37.6 Å². The van der Waals surface area contributed by atoms with Crippen LogP contribution < -0.4 is 5.32 Å². The zero-order valence-electron chi connectivity index (χ0n) is 11.8. The van der Waals surface area contributed by atoms with Crippen molar-refractivity contribution in [2.45, 2.75) is 26.1 Å². The molecule has 106 valence electrons. The highest BCUT2D eigenvalue weighted by Gasteiger charge is 2.24. The maximum atomic E-state index is 12.6. The van der Waals surface area contributed by atoms with Gasteiger partial charge in [0.05, 0.1) is 6.61 Å². The van der Waals surface area contributed by atoms with Gasteiger partial charge in [-0.25, -0.2) is 0 Å². The molecule has 20 heavy (non-hydrogen) atoms. The average molecular weight is 272 g/mol. The summed E-state index contributed by atoms with van der Waals surface area (Å²) in [6.07, 6.45) is 5.24. The van der Waals surface area contributed by atoms with E-state index < -0.39 is 0 Å². The van der Waals surface area contributed by atoms with Crippen LogP contribution in [0.5, 0.6) is 0 Å². The minimum absolute atomic E-state index is 0.0799. The van der Waals surface area contributed by atoms with Crippen LogP contribution in [-0.4, -0.2) is 34.7 Å². The Morgan fingerprint density at radius 3 is 2.65 bits per heavy atom. The van der Waals surface area contributed by atoms with Crippen LogP contribution in [0.2, 0.25) is 0 Å². The van der Waals surface area contributed by atoms with E-state index in [1.54, 1.807) is 23.2 Å². The van der Waals surface area contributed by atoms with Crippen molar-refractivity contribution in [1.82, 2.24) is 10.2 Å². The maximum Gasteiger partial charge on any atom is 0.259 e. The molecule has 1 unspecified atom stereocenters. The van der Waals surface area contributed by atoms with E-state index in [4.69, 9.17) is 0 Å². The number of nitrogens with zero attached hydrogens (tertiary/aromatic N) is 1. The summed E-state index contributed by atoms with van der Waals surface area (Å²) in [5.74, 6) is -0.0842. The summed E-state index contributed by atoms with van der Waals surface area (Å²) in [6.45, 7) is 3.98. The van der Waals surface area contributed by atoms with Gasteiger partial charge >= 0.3 is 0 Å². The molecule has 4 nitrogen and oxygen atoms in total. The van der Waals surface area contributed by atoms with Gasteiger partial charge in [-0.1, -0.05) is 24.3 Å². The number of aliphatic hydroxyl groups excluding tert-OH is 1. The van der Waals surface area contributed by atoms with Gasteiger partial charge in [0, 0.05) is 17.8 Å². The van der Waals surface area contributed by atoms with E-state index in [0.29, 0.717) is 5.56 Å². The number of hydrogen-bond acceptors (Lipinski definition) is 3. The number of amides is 1. The predicted molar refractivity (Wildman–Crippen MR) is 79.0 cm³/mol. The lowest BCUT2D eigenvalue weighted by molar-refractivity contribution is 0.0764. The molecule has 1 amide bonds. The summed E-state index contributed by atoms with van der Waals surface area (Å²) >= 11 is 0. The molecule has 1 aromatic carbocycles. The summed E-state index contributed by atoms with van der Waals surface area (Å²) in [4.78, 5) is 14.2. The van der Waals surface area contributed by atoms with Crippen LogP contribution in [0.3, 0.4) is 0 Å². The Morgan fingerprint density at radius 2 is 2.05 bits per heavy atom. The molecule has 0 aliphatic carbocycles. The van der Waals surface area contributed by atoms with Crippen molar-refractivity contribution in [2.24, 2.45) is 0 Å². The Hall–Kier alpha value is -1.91. The molecule has 1 aliphatic heterocycles. The van der Waals surface area contributed by atoms with Crippen LogP contribution >= 0.6 is 0 Å². The molecule has 1 heterocycles. The van der Waals surface area contributed by atoms with E-state index in [2.05, 4.69) is 5.32 Å². The topological polar surface area (TPSA) is 52.6 Å². The van der Waals surface area contributed by atoms with Gasteiger partial charge < -0.3 is 5.11 Å². The molecule has 0 bridgehead atoms. The fourth-order valence-corrected chi connectivity index (χ4v) is 2.10. The summed E-state index contributed by atoms with van der Waals surface area (Å²) in [6, 6.07) is 9.40. The van der Waals surface area contributed by atoms with Gasteiger partial charge in [0.25, 0.3) is 5.91 Å². The van der Waals surface area contributed by atoms with E-state index >= 15 is 0 Å². The largest absolute Gasteiger partial charge is 0.392 e. The molecule has 0 saturated carbocycles. The molecule has 1 aliphatic rings. The molecular formula is C16H20N2O2. The standard InChI is InChI=1S/C16H20N2O2/c1-12(2)17-15-9-8-13(11-19)10-18(15)16(20)14-6-4-3-5-7-14/h3-10,12,15,17,19H,11H2,1-2H3. The van der Waals surface area contributed by atoms with Crippen LogP contribution in [0.4, 0.5) is 0 Å². The minimum Gasteiger partial charge on any atom is -0.392 e. The first-order valence-corrected chi connectivity index (χ1v) is 6.75. The van der Waals surface area contributed by atoms with Crippen LogP contribution in [0.25, 0.3) is 0 Å². The molecule has 1 aromatic rings. The number of rotatable bonds is 4. The van der Waals surface area contributed by atoms with Gasteiger partial charge in [-0.15, -0.1) is 0 Å². The molecule has 2 N–H and O–H groups in total. The second-order valence-corrected chi connectivity index (χ2v) is 5.07. The molecule has 1 atom stereocenters. The Kier molecular flexibility index (Phi) is 4.71. The zero-order valence-corrected chi connectivity index (χ0v) is 11.8. The Labute approximate surface area is 119 Å². The number of aliphatic hydroxyl groups is 1. The highest BCUT2D eigenvalue weighted by atomic mass is 16.3. The van der Waals surface area contributed by atoms with Gasteiger partial charge in [0.1, 0.15) is 6.17 Å². The lowest BCUT2D eigenvalue weighted by Crippen LogP contribution is -2.48. The predicted octanol–water partition coefficient (Wildman–Crippen LogP) is 1.90. The summed E-state index contributed by atoms with van der Waals surface area (Å²) in [7, 11) is 0. The van der Waals surface area contributed by atoms with E-state index in [-0.39, 0.29) is 24.7 Å². The Bertz CT molecular complexity index is 521. The fraction of sp³-hybridized carbons (Fsp3) is 0.312. The summed E-state index contributed by atoms with van der Waals surface area (Å²) in [5.41, 5.74) is 1.35. The molecule has 0 spiro atoms. The highest BCUT2D eigenvalue weighted by Crippen LogP contribution is 2.16. The lowest BCUT2D eigenvalue weighted by atomic mass is 10.1. The van der Waals surface area contributed by atoms with Gasteiger partial charge in [0.2, 0.25) is 0 Å². The SMILES string of the molecule is CC(C)NC1C=CC(CO)=CN1C(=O)c1ccccc1. The first-order chi connectivity index (χ1) is 9.61. The van der Waals surface area contributed by atoms with E-state index in [0.717, 1.165) is 5.57 Å². The van der Waals surface area contributed by atoms with Gasteiger partial charge in [-0.2, -0.15) is 0 Å². The Morgan fingerprint density at radius 1 is 1.35 bits per heavy atom. The fourth-order valence-electron chi connectivity index (χ4n) is 2.10. The average Bonchev–Trinajstić information content (AvgIpc) is 2.47. The maximum absolute atomic E-state index is 12.6. The molecule has 2 rings (SSSR count). The second kappa shape index (κ2) is 6.50. The third-order valence-corrected chi connectivity index (χ3v) is 3.04. The van der Waals surface area contributed by atoms with Crippen LogP contribution in [0, 0.1) is 0 Å². The zero-order chi connectivity index (χ0) is 14.5. The number of carbonyl (C=O) groups is 1. The smallest absolute Gasteiger partial charge is 0.259 e. The van der Waals surface area contributed by atoms with Crippen molar-refractivity contribution in [2.75, 3.05) is 6.61 Å². The quantitative estimate of drug-likeness (QED) is 0.880. The number of nitrogens with one attached hydrogen (secondary N) is 1. The number of benzene rings is 1. The summed E-state index contributed by atoms with van der Waals surface area (Å²) < 4.78 is 0. The van der Waals surface area contributed by atoms with Crippen molar-refractivity contribution >= 4 is 5.91 Å². The van der Waals surface area contributed by atoms with Crippen LogP contribution in [0.1, 0.15) is 24.2 Å². The molecule has 0 aromatic heterocycles. The molecule has 0 radical (unpaired) electrons. The third-order valence-electron chi connectivity index (χ3n) is 3.04. The number of hydrogen-bond donors (Lipinski definition) is 2. The minimum atomic E-state index is -0.196. The van der Waals surface area contributed by atoms with Crippen LogP contribution in [0.15, 0.2) is 54.3 Å². The van der Waals surface area contributed by atoms with Crippen molar-refractivity contribution in [3.63, 3.8) is 0 Å². The Balaban J connectivity index is 2.26. The van der Waals surface area contributed by atoms with E-state index in [1.165, 1.54) is 0 Å². The van der Waals surface area contributed by atoms with E-state index in [9.17, 15) is 9.90 Å². The van der Waals surface area contributed by atoms with Crippen molar-refractivity contribution in [3.05, 3.63) is 59.8 Å². The lowest BCUT2D eigenvalue weighted by Gasteiger charge is -2.32. The molecule has 4 heteroatoms. The molecule has 0 fully saturated rings. The normalized spacial score (nSPS) is 18.3. The van der Waals surface area contributed by atoms with Crippen LogP contribution in [-0.2, 0) is 0 Å². The molecule has 0 saturated heterocycles. The van der Waals surface area contributed by atoms with Gasteiger partial charge in [0.15, 0.2) is 0 Å².